The average Bonchev–Trinajstić information content (AvgIpc) is 3.05. The van der Waals surface area contributed by atoms with E-state index in [1.807, 2.05) is 24.3 Å². The van der Waals surface area contributed by atoms with Crippen molar-refractivity contribution in [3.05, 3.63) is 71.3 Å². The molecule has 4 rings (SSSR count). The molecule has 1 fully saturated rings. The lowest BCUT2D eigenvalue weighted by atomic mass is 9.76. The second-order valence-electron chi connectivity index (χ2n) is 6.81. The predicted octanol–water partition coefficient (Wildman–Crippen LogP) is 4.53. The second kappa shape index (κ2) is 7.11. The minimum absolute atomic E-state index is 0.0476. The number of nitrogens with one attached hydrogen (secondary N) is 1. The van der Waals surface area contributed by atoms with E-state index in [1.54, 1.807) is 37.5 Å². The van der Waals surface area contributed by atoms with Crippen LogP contribution in [0.5, 0.6) is 0 Å². The summed E-state index contributed by atoms with van der Waals surface area (Å²) in [6.07, 6.45) is 3.14. The molecule has 140 valence electrons. The summed E-state index contributed by atoms with van der Waals surface area (Å²) in [5.41, 5.74) is 2.70. The zero-order chi connectivity index (χ0) is 19.0. The van der Waals surface area contributed by atoms with Gasteiger partial charge in [-0.1, -0.05) is 35.9 Å². The molecule has 1 saturated carbocycles. The molecule has 0 aliphatic heterocycles. The van der Waals surface area contributed by atoms with Gasteiger partial charge in [0.05, 0.1) is 4.90 Å². The van der Waals surface area contributed by atoms with E-state index in [4.69, 9.17) is 16.0 Å². The van der Waals surface area contributed by atoms with Crippen molar-refractivity contribution in [2.75, 3.05) is 0 Å². The van der Waals surface area contributed by atoms with Crippen molar-refractivity contribution in [1.82, 2.24) is 9.71 Å². The molecule has 1 aromatic heterocycles. The van der Waals surface area contributed by atoms with Crippen LogP contribution in [-0.4, -0.2) is 19.4 Å². The van der Waals surface area contributed by atoms with Crippen molar-refractivity contribution in [2.24, 2.45) is 0 Å². The van der Waals surface area contributed by atoms with Gasteiger partial charge in [-0.25, -0.2) is 18.1 Å². The maximum Gasteiger partial charge on any atom is 0.240 e. The SMILES string of the molecule is Cc1nc(-c2ccc(S(=O)(=O)NC3CC(c4ccc(Cl)cc4)C3)cc2)co1. The molecule has 2 aromatic carbocycles. The standard InChI is InChI=1S/C20H19ClN2O3S/c1-13-22-20(12-26-13)15-4-8-19(9-5-15)27(24,25)23-18-10-16(11-18)14-2-6-17(21)7-3-14/h2-9,12,16,18,23H,10-11H2,1H3. The number of oxazole rings is 1. The van der Waals surface area contributed by atoms with Crippen LogP contribution in [0.2, 0.25) is 5.02 Å². The normalized spacial score (nSPS) is 19.6. The molecule has 0 amide bonds. The Balaban J connectivity index is 1.40. The average molecular weight is 403 g/mol. The fourth-order valence-corrected chi connectivity index (χ4v) is 4.70. The fraction of sp³-hybridized carbons (Fsp3) is 0.250. The zero-order valence-corrected chi connectivity index (χ0v) is 16.3. The molecule has 27 heavy (non-hydrogen) atoms. The Morgan fingerprint density at radius 1 is 1.07 bits per heavy atom. The van der Waals surface area contributed by atoms with E-state index in [2.05, 4.69) is 9.71 Å². The van der Waals surface area contributed by atoms with Gasteiger partial charge in [0.2, 0.25) is 10.0 Å². The molecular weight excluding hydrogens is 384 g/mol. The first kappa shape index (κ1) is 18.2. The summed E-state index contributed by atoms with van der Waals surface area (Å²) in [7, 11) is -3.54. The molecule has 0 radical (unpaired) electrons. The number of hydrogen-bond acceptors (Lipinski definition) is 4. The van der Waals surface area contributed by atoms with Crippen molar-refractivity contribution in [3.63, 3.8) is 0 Å². The molecule has 0 saturated heterocycles. The van der Waals surface area contributed by atoms with E-state index in [9.17, 15) is 8.42 Å². The Bertz CT molecular complexity index is 1040. The van der Waals surface area contributed by atoms with E-state index in [0.717, 1.165) is 18.4 Å². The number of aromatic nitrogens is 1. The van der Waals surface area contributed by atoms with Gasteiger partial charge >= 0.3 is 0 Å². The van der Waals surface area contributed by atoms with Crippen molar-refractivity contribution in [2.45, 2.75) is 36.6 Å². The van der Waals surface area contributed by atoms with Crippen LogP contribution >= 0.6 is 11.6 Å². The highest BCUT2D eigenvalue weighted by molar-refractivity contribution is 7.89. The Labute approximate surface area is 163 Å². The largest absolute Gasteiger partial charge is 0.449 e. The molecule has 1 aliphatic rings. The number of halogens is 1. The van der Waals surface area contributed by atoms with E-state index < -0.39 is 10.0 Å². The summed E-state index contributed by atoms with van der Waals surface area (Å²) in [5, 5.41) is 0.708. The van der Waals surface area contributed by atoms with Crippen molar-refractivity contribution < 1.29 is 12.8 Å². The van der Waals surface area contributed by atoms with Crippen LogP contribution in [0.1, 0.15) is 30.2 Å². The molecule has 5 nitrogen and oxygen atoms in total. The van der Waals surface area contributed by atoms with Gasteiger partial charge in [0.25, 0.3) is 0 Å². The van der Waals surface area contributed by atoms with Gasteiger partial charge in [-0.15, -0.1) is 0 Å². The van der Waals surface area contributed by atoms with Gasteiger partial charge in [0, 0.05) is 23.6 Å². The van der Waals surface area contributed by atoms with Crippen molar-refractivity contribution in [3.8, 4) is 11.3 Å². The molecule has 7 heteroatoms. The van der Waals surface area contributed by atoms with Crippen LogP contribution in [-0.2, 0) is 10.0 Å². The lowest BCUT2D eigenvalue weighted by Gasteiger charge is -2.36. The fourth-order valence-electron chi connectivity index (χ4n) is 3.31. The van der Waals surface area contributed by atoms with Crippen LogP contribution in [0.4, 0.5) is 0 Å². The maximum atomic E-state index is 12.6. The first-order chi connectivity index (χ1) is 12.9. The summed E-state index contributed by atoms with van der Waals surface area (Å²) in [6, 6.07) is 14.4. The quantitative estimate of drug-likeness (QED) is 0.680. The molecular formula is C20H19ClN2O3S. The summed E-state index contributed by atoms with van der Waals surface area (Å²) in [5.74, 6) is 0.941. The smallest absolute Gasteiger partial charge is 0.240 e. The van der Waals surface area contributed by atoms with E-state index in [0.29, 0.717) is 22.5 Å². The summed E-state index contributed by atoms with van der Waals surface area (Å²) in [6.45, 7) is 1.77. The maximum absolute atomic E-state index is 12.6. The van der Waals surface area contributed by atoms with Crippen LogP contribution in [0, 0.1) is 6.92 Å². The molecule has 0 spiro atoms. The van der Waals surface area contributed by atoms with Crippen LogP contribution in [0.25, 0.3) is 11.3 Å². The molecule has 3 aromatic rings. The van der Waals surface area contributed by atoms with Gasteiger partial charge in [-0.05, 0) is 48.6 Å². The molecule has 0 bridgehead atoms. The number of rotatable bonds is 5. The highest BCUT2D eigenvalue weighted by Gasteiger charge is 2.33. The number of sulfonamides is 1. The minimum Gasteiger partial charge on any atom is -0.449 e. The Hall–Kier alpha value is -2.15. The molecule has 1 N–H and O–H groups in total. The highest BCUT2D eigenvalue weighted by atomic mass is 35.5. The van der Waals surface area contributed by atoms with Crippen LogP contribution in [0.3, 0.4) is 0 Å². The summed E-state index contributed by atoms with van der Waals surface area (Å²) in [4.78, 5) is 4.50. The molecule has 1 aliphatic carbocycles. The molecule has 1 heterocycles. The summed E-state index contributed by atoms with van der Waals surface area (Å²) >= 11 is 5.91. The third kappa shape index (κ3) is 3.93. The topological polar surface area (TPSA) is 72.2 Å². The monoisotopic (exact) mass is 402 g/mol. The highest BCUT2D eigenvalue weighted by Crippen LogP contribution is 2.38. The Morgan fingerprint density at radius 3 is 2.33 bits per heavy atom. The van der Waals surface area contributed by atoms with Gasteiger partial charge in [-0.2, -0.15) is 0 Å². The third-order valence-electron chi connectivity index (χ3n) is 4.88. The lowest BCUT2D eigenvalue weighted by molar-refractivity contribution is 0.326. The number of aryl methyl sites for hydroxylation is 1. The Morgan fingerprint density at radius 2 is 1.74 bits per heavy atom. The lowest BCUT2D eigenvalue weighted by Crippen LogP contribution is -2.43. The molecule has 0 unspecified atom stereocenters. The molecule has 0 atom stereocenters. The van der Waals surface area contributed by atoms with Gasteiger partial charge in [0.1, 0.15) is 12.0 Å². The van der Waals surface area contributed by atoms with Crippen molar-refractivity contribution >= 4 is 21.6 Å². The Kier molecular flexibility index (Phi) is 4.80. The van der Waals surface area contributed by atoms with Gasteiger partial charge in [0.15, 0.2) is 5.89 Å². The summed E-state index contributed by atoms with van der Waals surface area (Å²) < 4.78 is 33.2. The van der Waals surface area contributed by atoms with Crippen molar-refractivity contribution in [1.29, 1.82) is 0 Å². The van der Waals surface area contributed by atoms with E-state index in [1.165, 1.54) is 5.56 Å². The van der Waals surface area contributed by atoms with Crippen LogP contribution in [0.15, 0.2) is 64.1 Å². The third-order valence-corrected chi connectivity index (χ3v) is 6.67. The minimum atomic E-state index is -3.54. The van der Waals surface area contributed by atoms with E-state index >= 15 is 0 Å². The number of hydrogen-bond donors (Lipinski definition) is 1. The van der Waals surface area contributed by atoms with Gasteiger partial charge < -0.3 is 4.42 Å². The zero-order valence-electron chi connectivity index (χ0n) is 14.7. The predicted molar refractivity (Wildman–Crippen MR) is 104 cm³/mol. The van der Waals surface area contributed by atoms with Crippen LogP contribution < -0.4 is 4.72 Å². The second-order valence-corrected chi connectivity index (χ2v) is 8.96. The number of nitrogens with zero attached hydrogens (tertiary/aromatic N) is 1. The first-order valence-electron chi connectivity index (χ1n) is 8.71. The number of benzene rings is 2. The first-order valence-corrected chi connectivity index (χ1v) is 10.6. The van der Waals surface area contributed by atoms with E-state index in [-0.39, 0.29) is 10.9 Å². The van der Waals surface area contributed by atoms with Gasteiger partial charge in [-0.3, -0.25) is 0 Å².